The standard InChI is InChI=1S/C23H23N5O3S/c1-3-20-25-26-23(32-20)24-21(29)19-13-18(27-31-2)14-28(19)22(30)17-11-9-16(10-12-17)15-7-5-4-6-8-15/h4-12,19H,3,13-14H2,1-2H3,(H,24,26,29)/b27-18-/t19-/m0/s1. The number of hydrogen-bond donors (Lipinski definition) is 1. The van der Waals surface area contributed by atoms with E-state index < -0.39 is 6.04 Å². The lowest BCUT2D eigenvalue weighted by atomic mass is 10.0. The molecule has 1 atom stereocenters. The van der Waals surface area contributed by atoms with Crippen molar-refractivity contribution in [1.82, 2.24) is 15.1 Å². The molecule has 32 heavy (non-hydrogen) atoms. The summed E-state index contributed by atoms with van der Waals surface area (Å²) >= 11 is 1.32. The topological polar surface area (TPSA) is 96.8 Å². The molecule has 1 N–H and O–H groups in total. The quantitative estimate of drug-likeness (QED) is 0.580. The van der Waals surface area contributed by atoms with Crippen LogP contribution in [0.1, 0.15) is 28.7 Å². The van der Waals surface area contributed by atoms with Gasteiger partial charge in [0.2, 0.25) is 11.0 Å². The molecule has 2 heterocycles. The second kappa shape index (κ2) is 9.69. The van der Waals surface area contributed by atoms with Gasteiger partial charge in [0.1, 0.15) is 18.2 Å². The van der Waals surface area contributed by atoms with Crippen LogP contribution in [-0.2, 0) is 16.1 Å². The van der Waals surface area contributed by atoms with E-state index >= 15 is 0 Å². The van der Waals surface area contributed by atoms with Crippen molar-refractivity contribution in [3.05, 3.63) is 65.2 Å². The lowest BCUT2D eigenvalue weighted by Gasteiger charge is -2.23. The first kappa shape index (κ1) is 21.6. The van der Waals surface area contributed by atoms with E-state index in [9.17, 15) is 9.59 Å². The highest BCUT2D eigenvalue weighted by Crippen LogP contribution is 2.24. The Kier molecular flexibility index (Phi) is 6.55. The molecule has 1 fully saturated rings. The van der Waals surface area contributed by atoms with Gasteiger partial charge in [-0.05, 0) is 29.7 Å². The minimum Gasteiger partial charge on any atom is -0.399 e. The highest BCUT2D eigenvalue weighted by molar-refractivity contribution is 7.15. The van der Waals surface area contributed by atoms with Crippen LogP contribution in [0, 0.1) is 0 Å². The van der Waals surface area contributed by atoms with E-state index in [2.05, 4.69) is 20.7 Å². The molecule has 1 aliphatic heterocycles. The van der Waals surface area contributed by atoms with Crippen molar-refractivity contribution in [1.29, 1.82) is 0 Å². The average molecular weight is 450 g/mol. The molecule has 0 aliphatic carbocycles. The van der Waals surface area contributed by atoms with Gasteiger partial charge in [0.25, 0.3) is 5.91 Å². The van der Waals surface area contributed by atoms with E-state index in [0.717, 1.165) is 22.6 Å². The summed E-state index contributed by atoms with van der Waals surface area (Å²) in [5.74, 6) is -0.558. The lowest BCUT2D eigenvalue weighted by Crippen LogP contribution is -2.43. The van der Waals surface area contributed by atoms with Gasteiger partial charge in [-0.15, -0.1) is 10.2 Å². The van der Waals surface area contributed by atoms with Gasteiger partial charge < -0.3 is 9.74 Å². The molecule has 0 radical (unpaired) electrons. The molecule has 9 heteroatoms. The van der Waals surface area contributed by atoms with Gasteiger partial charge in [0, 0.05) is 12.0 Å². The molecule has 4 rings (SSSR count). The van der Waals surface area contributed by atoms with Crippen molar-refractivity contribution in [3.8, 4) is 11.1 Å². The zero-order chi connectivity index (χ0) is 22.5. The fraction of sp³-hybridized carbons (Fsp3) is 0.261. The molecular weight excluding hydrogens is 426 g/mol. The maximum absolute atomic E-state index is 13.3. The summed E-state index contributed by atoms with van der Waals surface area (Å²) in [5.41, 5.74) is 3.23. The number of anilines is 1. The Bertz CT molecular complexity index is 1130. The van der Waals surface area contributed by atoms with E-state index in [4.69, 9.17) is 4.84 Å². The third kappa shape index (κ3) is 4.67. The van der Waals surface area contributed by atoms with Crippen molar-refractivity contribution in [2.45, 2.75) is 25.8 Å². The molecule has 1 aliphatic rings. The Balaban J connectivity index is 1.54. The average Bonchev–Trinajstić information content (AvgIpc) is 3.46. The van der Waals surface area contributed by atoms with Crippen molar-refractivity contribution in [2.24, 2.45) is 5.16 Å². The number of carbonyl (C=O) groups excluding carboxylic acids is 2. The van der Waals surface area contributed by atoms with Gasteiger partial charge in [0.15, 0.2) is 0 Å². The van der Waals surface area contributed by atoms with Crippen LogP contribution in [0.2, 0.25) is 0 Å². The second-order valence-electron chi connectivity index (χ2n) is 7.28. The number of likely N-dealkylation sites (tertiary alicyclic amines) is 1. The van der Waals surface area contributed by atoms with E-state index in [1.54, 1.807) is 12.1 Å². The number of oxime groups is 1. The monoisotopic (exact) mass is 449 g/mol. The van der Waals surface area contributed by atoms with Gasteiger partial charge in [-0.25, -0.2) is 0 Å². The zero-order valence-electron chi connectivity index (χ0n) is 17.8. The van der Waals surface area contributed by atoms with Crippen LogP contribution >= 0.6 is 11.3 Å². The maximum Gasteiger partial charge on any atom is 0.254 e. The first-order chi connectivity index (χ1) is 15.6. The zero-order valence-corrected chi connectivity index (χ0v) is 18.6. The van der Waals surface area contributed by atoms with Crippen LogP contribution in [0.15, 0.2) is 59.8 Å². The summed E-state index contributed by atoms with van der Waals surface area (Å²) in [5, 5.41) is 16.0. The normalized spacial score (nSPS) is 16.9. The Morgan fingerprint density at radius 3 is 2.50 bits per heavy atom. The van der Waals surface area contributed by atoms with Gasteiger partial charge in [0.05, 0.1) is 12.3 Å². The molecule has 1 saturated heterocycles. The van der Waals surface area contributed by atoms with E-state index in [1.165, 1.54) is 23.3 Å². The van der Waals surface area contributed by atoms with Crippen molar-refractivity contribution >= 4 is 34.0 Å². The number of rotatable bonds is 6. The number of benzene rings is 2. The van der Waals surface area contributed by atoms with Gasteiger partial charge in [-0.2, -0.15) is 0 Å². The minimum absolute atomic E-state index is 0.224. The lowest BCUT2D eigenvalue weighted by molar-refractivity contribution is -0.119. The molecule has 2 aromatic carbocycles. The molecule has 8 nitrogen and oxygen atoms in total. The molecular formula is C23H23N5O3S. The largest absolute Gasteiger partial charge is 0.399 e. The Hall–Kier alpha value is -3.59. The first-order valence-corrected chi connectivity index (χ1v) is 11.1. The van der Waals surface area contributed by atoms with Crippen LogP contribution in [0.25, 0.3) is 11.1 Å². The fourth-order valence-electron chi connectivity index (χ4n) is 3.58. The Morgan fingerprint density at radius 2 is 1.84 bits per heavy atom. The number of aromatic nitrogens is 2. The van der Waals surface area contributed by atoms with E-state index in [-0.39, 0.29) is 18.4 Å². The van der Waals surface area contributed by atoms with E-state index in [1.807, 2.05) is 49.4 Å². The van der Waals surface area contributed by atoms with Crippen LogP contribution in [0.4, 0.5) is 5.13 Å². The number of aryl methyl sites for hydroxylation is 1. The smallest absolute Gasteiger partial charge is 0.254 e. The minimum atomic E-state index is -0.709. The number of nitrogens with one attached hydrogen (secondary N) is 1. The summed E-state index contributed by atoms with van der Waals surface area (Å²) in [6.45, 7) is 2.20. The third-order valence-corrected chi connectivity index (χ3v) is 6.16. The van der Waals surface area contributed by atoms with Gasteiger partial charge in [-0.3, -0.25) is 14.9 Å². The SMILES string of the molecule is CCc1nnc(NC(=O)[C@@H]2C/C(=N/OC)CN2C(=O)c2ccc(-c3ccccc3)cc2)s1. The van der Waals surface area contributed by atoms with Crippen LogP contribution in [-0.4, -0.2) is 52.3 Å². The van der Waals surface area contributed by atoms with Crippen LogP contribution < -0.4 is 5.32 Å². The third-order valence-electron chi connectivity index (χ3n) is 5.18. The summed E-state index contributed by atoms with van der Waals surface area (Å²) < 4.78 is 0. The summed E-state index contributed by atoms with van der Waals surface area (Å²) in [7, 11) is 1.45. The predicted octanol–water partition coefficient (Wildman–Crippen LogP) is 3.62. The van der Waals surface area contributed by atoms with Crippen LogP contribution in [0.3, 0.4) is 0 Å². The number of carbonyl (C=O) groups is 2. The summed E-state index contributed by atoms with van der Waals surface area (Å²) in [6.07, 6.45) is 1.04. The summed E-state index contributed by atoms with van der Waals surface area (Å²) in [6, 6.07) is 16.6. The number of nitrogens with zero attached hydrogens (tertiary/aromatic N) is 4. The maximum atomic E-state index is 13.3. The number of hydrogen-bond acceptors (Lipinski definition) is 7. The van der Waals surface area contributed by atoms with Crippen molar-refractivity contribution in [2.75, 3.05) is 19.0 Å². The fourth-order valence-corrected chi connectivity index (χ4v) is 4.27. The summed E-state index contributed by atoms with van der Waals surface area (Å²) in [4.78, 5) is 32.7. The van der Waals surface area contributed by atoms with E-state index in [0.29, 0.717) is 22.8 Å². The molecule has 2 amide bonds. The highest BCUT2D eigenvalue weighted by atomic mass is 32.1. The molecule has 0 spiro atoms. The molecule has 0 unspecified atom stereocenters. The molecule has 164 valence electrons. The predicted molar refractivity (Wildman–Crippen MR) is 124 cm³/mol. The Labute approximate surface area is 189 Å². The number of amides is 2. The molecule has 1 aromatic heterocycles. The van der Waals surface area contributed by atoms with Crippen molar-refractivity contribution < 1.29 is 14.4 Å². The molecule has 0 bridgehead atoms. The van der Waals surface area contributed by atoms with Gasteiger partial charge >= 0.3 is 0 Å². The second-order valence-corrected chi connectivity index (χ2v) is 8.34. The van der Waals surface area contributed by atoms with Crippen LogP contribution in [0.5, 0.6) is 0 Å². The Morgan fingerprint density at radius 1 is 1.12 bits per heavy atom. The molecule has 3 aromatic rings. The van der Waals surface area contributed by atoms with Crippen molar-refractivity contribution in [3.63, 3.8) is 0 Å². The molecule has 0 saturated carbocycles. The first-order valence-electron chi connectivity index (χ1n) is 10.3. The van der Waals surface area contributed by atoms with Gasteiger partial charge in [-0.1, -0.05) is 65.9 Å². The highest BCUT2D eigenvalue weighted by Gasteiger charge is 2.38.